The summed E-state index contributed by atoms with van der Waals surface area (Å²) in [7, 11) is 0. The van der Waals surface area contributed by atoms with E-state index in [-0.39, 0.29) is 17.7 Å². The minimum atomic E-state index is -0.0520. The third kappa shape index (κ3) is 5.09. The van der Waals surface area contributed by atoms with Crippen molar-refractivity contribution < 1.29 is 9.59 Å². The van der Waals surface area contributed by atoms with Crippen molar-refractivity contribution in [3.05, 3.63) is 65.2 Å². The Labute approximate surface area is 159 Å². The molecular formula is C21H23ClN2O2. The van der Waals surface area contributed by atoms with Crippen molar-refractivity contribution in [2.45, 2.75) is 25.7 Å². The number of nitrogens with zero attached hydrogens (tertiary/aromatic N) is 1. The predicted octanol–water partition coefficient (Wildman–Crippen LogP) is 4.15. The van der Waals surface area contributed by atoms with Crippen LogP contribution in [0.3, 0.4) is 0 Å². The fourth-order valence-electron chi connectivity index (χ4n) is 3.22. The van der Waals surface area contributed by atoms with Crippen LogP contribution in [0.5, 0.6) is 0 Å². The zero-order valence-corrected chi connectivity index (χ0v) is 15.4. The molecule has 1 fully saturated rings. The molecule has 0 saturated carbocycles. The molecule has 0 unspecified atom stereocenters. The fraction of sp³-hybridized carbons (Fsp3) is 0.333. The summed E-state index contributed by atoms with van der Waals surface area (Å²) in [4.78, 5) is 26.7. The summed E-state index contributed by atoms with van der Waals surface area (Å²) in [5.74, 6) is 0.137. The van der Waals surface area contributed by atoms with E-state index in [1.54, 1.807) is 24.3 Å². The summed E-state index contributed by atoms with van der Waals surface area (Å²) in [6, 6.07) is 17.1. The number of benzene rings is 2. The number of amides is 2. The monoisotopic (exact) mass is 370 g/mol. The number of piperidine rings is 1. The zero-order chi connectivity index (χ0) is 18.4. The van der Waals surface area contributed by atoms with Gasteiger partial charge in [-0.05, 0) is 49.1 Å². The lowest BCUT2D eigenvalue weighted by Gasteiger charge is -2.31. The van der Waals surface area contributed by atoms with Crippen LogP contribution in [0.2, 0.25) is 5.02 Å². The van der Waals surface area contributed by atoms with Crippen molar-refractivity contribution in [3.63, 3.8) is 0 Å². The van der Waals surface area contributed by atoms with E-state index in [0.717, 1.165) is 12.1 Å². The van der Waals surface area contributed by atoms with Gasteiger partial charge in [-0.1, -0.05) is 41.9 Å². The third-order valence-corrected chi connectivity index (χ3v) is 5.05. The molecule has 26 heavy (non-hydrogen) atoms. The molecule has 0 atom stereocenters. The lowest BCUT2D eigenvalue weighted by molar-refractivity contribution is -0.134. The van der Waals surface area contributed by atoms with Crippen LogP contribution in [0.25, 0.3) is 0 Å². The van der Waals surface area contributed by atoms with E-state index >= 15 is 0 Å². The topological polar surface area (TPSA) is 49.4 Å². The SMILES string of the molecule is O=C(Nc1ccc(Cl)cc1)C1CCN(C(=O)CCc2ccccc2)CC1. The summed E-state index contributed by atoms with van der Waals surface area (Å²) < 4.78 is 0. The Bertz CT molecular complexity index is 738. The quantitative estimate of drug-likeness (QED) is 0.859. The van der Waals surface area contributed by atoms with Gasteiger partial charge in [-0.2, -0.15) is 0 Å². The number of anilines is 1. The highest BCUT2D eigenvalue weighted by Crippen LogP contribution is 2.21. The van der Waals surface area contributed by atoms with Crippen molar-refractivity contribution >= 4 is 29.1 Å². The summed E-state index contributed by atoms with van der Waals surface area (Å²) >= 11 is 5.86. The van der Waals surface area contributed by atoms with E-state index in [2.05, 4.69) is 5.32 Å². The Morgan fingerprint density at radius 3 is 2.31 bits per heavy atom. The first kappa shape index (κ1) is 18.5. The van der Waals surface area contributed by atoms with Crippen LogP contribution in [0.15, 0.2) is 54.6 Å². The number of hydrogen-bond donors (Lipinski definition) is 1. The summed E-state index contributed by atoms with van der Waals surface area (Å²) in [5.41, 5.74) is 1.93. The molecule has 5 heteroatoms. The van der Waals surface area contributed by atoms with Gasteiger partial charge in [0.05, 0.1) is 0 Å². The zero-order valence-electron chi connectivity index (χ0n) is 14.7. The third-order valence-electron chi connectivity index (χ3n) is 4.80. The summed E-state index contributed by atoms with van der Waals surface area (Å²) in [6.07, 6.45) is 2.69. The maximum Gasteiger partial charge on any atom is 0.227 e. The number of rotatable bonds is 5. The number of aryl methyl sites for hydroxylation is 1. The minimum Gasteiger partial charge on any atom is -0.343 e. The van der Waals surface area contributed by atoms with Crippen LogP contribution in [0.4, 0.5) is 5.69 Å². The Morgan fingerprint density at radius 2 is 1.65 bits per heavy atom. The molecule has 4 nitrogen and oxygen atoms in total. The van der Waals surface area contributed by atoms with E-state index in [1.165, 1.54) is 5.56 Å². The van der Waals surface area contributed by atoms with Crippen molar-refractivity contribution in [3.8, 4) is 0 Å². The molecule has 2 aromatic rings. The molecule has 1 heterocycles. The number of carbonyl (C=O) groups is 2. The molecule has 2 aromatic carbocycles. The van der Waals surface area contributed by atoms with Gasteiger partial charge >= 0.3 is 0 Å². The molecule has 0 aromatic heterocycles. The lowest BCUT2D eigenvalue weighted by atomic mass is 9.95. The van der Waals surface area contributed by atoms with Gasteiger partial charge < -0.3 is 10.2 Å². The molecular weight excluding hydrogens is 348 g/mol. The normalized spacial score (nSPS) is 14.9. The van der Waals surface area contributed by atoms with Crippen molar-refractivity contribution in [2.75, 3.05) is 18.4 Å². The molecule has 0 aliphatic carbocycles. The highest BCUT2D eigenvalue weighted by molar-refractivity contribution is 6.30. The maximum absolute atomic E-state index is 12.4. The fourth-order valence-corrected chi connectivity index (χ4v) is 3.35. The lowest BCUT2D eigenvalue weighted by Crippen LogP contribution is -2.41. The molecule has 2 amide bonds. The van der Waals surface area contributed by atoms with Gasteiger partial charge in [0.15, 0.2) is 0 Å². The van der Waals surface area contributed by atoms with Gasteiger partial charge in [0.25, 0.3) is 0 Å². The highest BCUT2D eigenvalue weighted by Gasteiger charge is 2.27. The maximum atomic E-state index is 12.4. The number of likely N-dealkylation sites (tertiary alicyclic amines) is 1. The molecule has 136 valence electrons. The first-order valence-electron chi connectivity index (χ1n) is 9.00. The van der Waals surface area contributed by atoms with Crippen molar-refractivity contribution in [2.24, 2.45) is 5.92 Å². The average molecular weight is 371 g/mol. The number of hydrogen-bond acceptors (Lipinski definition) is 2. The number of halogens is 1. The summed E-state index contributed by atoms with van der Waals surface area (Å²) in [6.45, 7) is 1.29. The molecule has 1 aliphatic rings. The molecule has 1 aliphatic heterocycles. The largest absolute Gasteiger partial charge is 0.343 e. The van der Waals surface area contributed by atoms with E-state index < -0.39 is 0 Å². The smallest absolute Gasteiger partial charge is 0.227 e. The molecule has 1 N–H and O–H groups in total. The molecule has 3 rings (SSSR count). The molecule has 0 radical (unpaired) electrons. The van der Waals surface area contributed by atoms with E-state index in [4.69, 9.17) is 11.6 Å². The Hall–Kier alpha value is -2.33. The van der Waals surface area contributed by atoms with Gasteiger partial charge in [0, 0.05) is 36.1 Å². The Kier molecular flexibility index (Phi) is 6.29. The van der Waals surface area contributed by atoms with Gasteiger partial charge in [-0.3, -0.25) is 9.59 Å². The first-order chi connectivity index (χ1) is 12.6. The number of nitrogens with one attached hydrogen (secondary N) is 1. The van der Waals surface area contributed by atoms with Crippen LogP contribution in [0.1, 0.15) is 24.8 Å². The first-order valence-corrected chi connectivity index (χ1v) is 9.38. The Balaban J connectivity index is 1.43. The second kappa shape index (κ2) is 8.86. The standard InChI is InChI=1S/C21H23ClN2O2/c22-18-7-9-19(10-8-18)23-21(26)17-12-14-24(15-13-17)20(25)11-6-16-4-2-1-3-5-16/h1-5,7-10,17H,6,11-15H2,(H,23,26). The second-order valence-corrected chi connectivity index (χ2v) is 7.07. The van der Waals surface area contributed by atoms with Crippen LogP contribution < -0.4 is 5.32 Å². The van der Waals surface area contributed by atoms with E-state index in [1.807, 2.05) is 35.2 Å². The minimum absolute atomic E-state index is 0.0173. The van der Waals surface area contributed by atoms with E-state index in [0.29, 0.717) is 37.4 Å². The van der Waals surface area contributed by atoms with Gasteiger partial charge in [-0.25, -0.2) is 0 Å². The number of carbonyl (C=O) groups excluding carboxylic acids is 2. The van der Waals surface area contributed by atoms with Gasteiger partial charge in [0.2, 0.25) is 11.8 Å². The van der Waals surface area contributed by atoms with Gasteiger partial charge in [-0.15, -0.1) is 0 Å². The van der Waals surface area contributed by atoms with Crippen LogP contribution in [0, 0.1) is 5.92 Å². The second-order valence-electron chi connectivity index (χ2n) is 6.64. The van der Waals surface area contributed by atoms with Gasteiger partial charge in [0.1, 0.15) is 0 Å². The van der Waals surface area contributed by atoms with Crippen molar-refractivity contribution in [1.82, 2.24) is 4.90 Å². The Morgan fingerprint density at radius 1 is 1.00 bits per heavy atom. The van der Waals surface area contributed by atoms with Crippen LogP contribution >= 0.6 is 11.6 Å². The summed E-state index contributed by atoms with van der Waals surface area (Å²) in [5, 5.41) is 3.57. The highest BCUT2D eigenvalue weighted by atomic mass is 35.5. The van der Waals surface area contributed by atoms with Crippen LogP contribution in [-0.2, 0) is 16.0 Å². The predicted molar refractivity (Wildman–Crippen MR) is 104 cm³/mol. The average Bonchev–Trinajstić information content (AvgIpc) is 2.69. The molecule has 0 bridgehead atoms. The van der Waals surface area contributed by atoms with Crippen LogP contribution in [-0.4, -0.2) is 29.8 Å². The molecule has 0 spiro atoms. The van der Waals surface area contributed by atoms with Crippen molar-refractivity contribution in [1.29, 1.82) is 0 Å². The van der Waals surface area contributed by atoms with E-state index in [9.17, 15) is 9.59 Å². The molecule has 1 saturated heterocycles.